The molecule has 8 atom stereocenters. The molecule has 0 aromatic heterocycles. The summed E-state index contributed by atoms with van der Waals surface area (Å²) in [4.78, 5) is 0. The van der Waals surface area contributed by atoms with Gasteiger partial charge < -0.3 is 10.2 Å². The van der Waals surface area contributed by atoms with E-state index in [4.69, 9.17) is 0 Å². The van der Waals surface area contributed by atoms with Crippen molar-refractivity contribution in [3.63, 3.8) is 0 Å². The third-order valence-corrected chi connectivity index (χ3v) is 12.8. The van der Waals surface area contributed by atoms with E-state index in [1.165, 1.54) is 51.4 Å². The van der Waals surface area contributed by atoms with Gasteiger partial charge in [0.15, 0.2) is 0 Å². The monoisotopic (exact) mass is 458 g/mol. The summed E-state index contributed by atoms with van der Waals surface area (Å²) in [7, 11) is 0. The first kappa shape index (κ1) is 25.7. The van der Waals surface area contributed by atoms with Crippen molar-refractivity contribution in [1.29, 1.82) is 0 Å². The van der Waals surface area contributed by atoms with Crippen LogP contribution in [0, 0.1) is 45.3 Å². The molecule has 190 valence electrons. The molecule has 3 unspecified atom stereocenters. The van der Waals surface area contributed by atoms with E-state index in [-0.39, 0.29) is 0 Å². The predicted octanol–water partition coefficient (Wildman–Crippen LogP) is 7.92. The molecule has 0 aromatic rings. The average Bonchev–Trinajstić information content (AvgIpc) is 3.00. The fourth-order valence-electron chi connectivity index (χ4n) is 9.80. The summed E-state index contributed by atoms with van der Waals surface area (Å²) < 4.78 is 0. The molecule has 2 fully saturated rings. The number of hydrogen-bond donors (Lipinski definition) is 2. The van der Waals surface area contributed by atoms with E-state index >= 15 is 0 Å². The minimum absolute atomic E-state index is 0.343. The van der Waals surface area contributed by atoms with Crippen molar-refractivity contribution in [1.82, 2.24) is 0 Å². The number of fused-ring (bicyclic) bond motifs is 4. The number of aliphatic hydroxyl groups excluding tert-OH is 1. The SMILES string of the molecule is CC(CCC(O)C(C)(C)O)C1CC[C@@]2(C)C3=C(CC[C@]12C)[C@@]1(C)CC[C@H](C)C(C)(C)[C@@H]1CC3. The Bertz CT molecular complexity index is 787. The van der Waals surface area contributed by atoms with Crippen LogP contribution in [0.4, 0.5) is 0 Å². The Labute approximate surface area is 205 Å². The Morgan fingerprint density at radius 1 is 0.909 bits per heavy atom. The summed E-state index contributed by atoms with van der Waals surface area (Å²) in [6.07, 6.45) is 11.9. The molecule has 2 nitrogen and oxygen atoms in total. The second-order valence-electron chi connectivity index (χ2n) is 14.8. The van der Waals surface area contributed by atoms with Gasteiger partial charge in [-0.05, 0) is 123 Å². The average molecular weight is 459 g/mol. The minimum Gasteiger partial charge on any atom is -0.390 e. The normalized spacial score (nSPS) is 44.6. The van der Waals surface area contributed by atoms with Crippen molar-refractivity contribution in [2.24, 2.45) is 45.3 Å². The second-order valence-corrected chi connectivity index (χ2v) is 14.8. The van der Waals surface area contributed by atoms with Crippen LogP contribution in [0.2, 0.25) is 0 Å². The molecule has 0 spiro atoms. The fraction of sp³-hybridized carbons (Fsp3) is 0.935. The number of rotatable bonds is 5. The van der Waals surface area contributed by atoms with E-state index in [1.807, 2.05) is 11.1 Å². The number of hydrogen-bond acceptors (Lipinski definition) is 2. The van der Waals surface area contributed by atoms with E-state index in [2.05, 4.69) is 48.5 Å². The topological polar surface area (TPSA) is 40.5 Å². The summed E-state index contributed by atoms with van der Waals surface area (Å²) >= 11 is 0. The zero-order chi connectivity index (χ0) is 24.6. The standard InChI is InChI=1S/C31H54O2/c1-20(10-13-26(32)28(5,6)33)22-15-18-31(9)24-11-12-25-27(3,4)21(2)14-17-29(25,7)23(24)16-19-30(22,31)8/h20-22,25-26,32-33H,10-19H2,1-9H3/t20?,21-,22?,25-,26?,29+,30+,31-/m0/s1. The molecule has 0 heterocycles. The van der Waals surface area contributed by atoms with Crippen LogP contribution in [0.5, 0.6) is 0 Å². The molecular weight excluding hydrogens is 404 g/mol. The lowest BCUT2D eigenvalue weighted by Gasteiger charge is -2.62. The number of allylic oxidation sites excluding steroid dienone is 2. The van der Waals surface area contributed by atoms with Crippen molar-refractivity contribution in [2.75, 3.05) is 0 Å². The summed E-state index contributed by atoms with van der Waals surface area (Å²) in [5.74, 6) is 2.98. The first-order valence-corrected chi connectivity index (χ1v) is 14.2. The van der Waals surface area contributed by atoms with Gasteiger partial charge in [-0.1, -0.05) is 59.6 Å². The van der Waals surface area contributed by atoms with Crippen LogP contribution in [0.25, 0.3) is 0 Å². The summed E-state index contributed by atoms with van der Waals surface area (Å²) in [5.41, 5.74) is 4.34. The summed E-state index contributed by atoms with van der Waals surface area (Å²) in [6.45, 7) is 21.4. The van der Waals surface area contributed by atoms with E-state index in [9.17, 15) is 10.2 Å². The predicted molar refractivity (Wildman–Crippen MR) is 139 cm³/mol. The van der Waals surface area contributed by atoms with E-state index in [0.717, 1.165) is 24.2 Å². The van der Waals surface area contributed by atoms with Gasteiger partial charge in [0.2, 0.25) is 0 Å². The van der Waals surface area contributed by atoms with Gasteiger partial charge in [-0.2, -0.15) is 0 Å². The molecule has 4 aliphatic rings. The molecule has 0 radical (unpaired) electrons. The second kappa shape index (κ2) is 8.09. The van der Waals surface area contributed by atoms with Crippen molar-refractivity contribution < 1.29 is 10.2 Å². The molecule has 0 saturated heterocycles. The van der Waals surface area contributed by atoms with Gasteiger partial charge in [0.05, 0.1) is 11.7 Å². The maximum absolute atomic E-state index is 10.4. The molecule has 2 N–H and O–H groups in total. The van der Waals surface area contributed by atoms with Gasteiger partial charge >= 0.3 is 0 Å². The Morgan fingerprint density at radius 2 is 1.58 bits per heavy atom. The molecule has 2 heteroatoms. The van der Waals surface area contributed by atoms with Gasteiger partial charge in [-0.15, -0.1) is 0 Å². The van der Waals surface area contributed by atoms with Crippen molar-refractivity contribution in [3.05, 3.63) is 11.1 Å². The van der Waals surface area contributed by atoms with Gasteiger partial charge in [0, 0.05) is 0 Å². The van der Waals surface area contributed by atoms with Crippen LogP contribution in [-0.2, 0) is 0 Å². The molecule has 33 heavy (non-hydrogen) atoms. The molecule has 0 bridgehead atoms. The van der Waals surface area contributed by atoms with Gasteiger partial charge in [-0.3, -0.25) is 0 Å². The van der Waals surface area contributed by atoms with Crippen LogP contribution in [0.1, 0.15) is 127 Å². The largest absolute Gasteiger partial charge is 0.390 e. The molecule has 0 amide bonds. The lowest BCUT2D eigenvalue weighted by Crippen LogP contribution is -2.53. The molecule has 0 aromatic carbocycles. The maximum Gasteiger partial charge on any atom is 0.0849 e. The zero-order valence-electron chi connectivity index (χ0n) is 23.4. The Hall–Kier alpha value is -0.340. The van der Waals surface area contributed by atoms with E-state index in [0.29, 0.717) is 34.0 Å². The van der Waals surface area contributed by atoms with Crippen LogP contribution in [-0.4, -0.2) is 21.9 Å². The smallest absolute Gasteiger partial charge is 0.0849 e. The van der Waals surface area contributed by atoms with Gasteiger partial charge in [0.1, 0.15) is 0 Å². The maximum atomic E-state index is 10.4. The van der Waals surface area contributed by atoms with Crippen LogP contribution in [0.15, 0.2) is 11.1 Å². The molecule has 4 aliphatic carbocycles. The van der Waals surface area contributed by atoms with Gasteiger partial charge in [-0.25, -0.2) is 0 Å². The lowest BCUT2D eigenvalue weighted by molar-refractivity contribution is -0.0584. The van der Waals surface area contributed by atoms with Crippen molar-refractivity contribution in [3.8, 4) is 0 Å². The molecule has 0 aliphatic heterocycles. The highest BCUT2D eigenvalue weighted by Gasteiger charge is 2.63. The van der Waals surface area contributed by atoms with Crippen LogP contribution in [0.3, 0.4) is 0 Å². The third-order valence-electron chi connectivity index (χ3n) is 12.8. The Kier molecular flexibility index (Phi) is 6.31. The van der Waals surface area contributed by atoms with Gasteiger partial charge in [0.25, 0.3) is 0 Å². The van der Waals surface area contributed by atoms with Crippen LogP contribution < -0.4 is 0 Å². The third kappa shape index (κ3) is 3.71. The van der Waals surface area contributed by atoms with E-state index < -0.39 is 11.7 Å². The minimum atomic E-state index is -1.00. The lowest BCUT2D eigenvalue weighted by atomic mass is 9.42. The summed E-state index contributed by atoms with van der Waals surface area (Å²) in [5, 5.41) is 20.6. The highest BCUT2D eigenvalue weighted by molar-refractivity contribution is 5.38. The first-order chi connectivity index (χ1) is 15.1. The van der Waals surface area contributed by atoms with Crippen molar-refractivity contribution in [2.45, 2.75) is 138 Å². The Morgan fingerprint density at radius 3 is 2.21 bits per heavy atom. The Balaban J connectivity index is 1.60. The van der Waals surface area contributed by atoms with Crippen LogP contribution >= 0.6 is 0 Å². The quantitative estimate of drug-likeness (QED) is 0.411. The molecule has 4 rings (SSSR count). The fourth-order valence-corrected chi connectivity index (χ4v) is 9.80. The molecular formula is C31H54O2. The zero-order valence-corrected chi connectivity index (χ0v) is 23.4. The summed E-state index contributed by atoms with van der Waals surface area (Å²) in [6, 6.07) is 0. The number of aliphatic hydroxyl groups is 2. The highest BCUT2D eigenvalue weighted by atomic mass is 16.3. The first-order valence-electron chi connectivity index (χ1n) is 14.2. The van der Waals surface area contributed by atoms with E-state index in [1.54, 1.807) is 13.8 Å². The highest BCUT2D eigenvalue weighted by Crippen LogP contribution is 2.72. The van der Waals surface area contributed by atoms with Crippen molar-refractivity contribution >= 4 is 0 Å². The molecule has 2 saturated carbocycles.